The van der Waals surface area contributed by atoms with E-state index in [-0.39, 0.29) is 23.4 Å². The van der Waals surface area contributed by atoms with Crippen molar-refractivity contribution in [2.45, 2.75) is 110 Å². The predicted octanol–water partition coefficient (Wildman–Crippen LogP) is 7.21. The first kappa shape index (κ1) is 28.6. The second-order valence-corrected chi connectivity index (χ2v) is 22.6. The molecule has 0 radical (unpaired) electrons. The SMILES string of the molecule is C=C(B1OC(C)(C)C(C)(C)O1)[C@H](CCCO[Si](C)(C)C(C)(C)C)C[Si](C)(C)c1ccccc1. The lowest BCUT2D eigenvalue weighted by Gasteiger charge is -2.36. The average molecular weight is 489 g/mol. The Kier molecular flexibility index (Phi) is 8.78. The summed E-state index contributed by atoms with van der Waals surface area (Å²) in [6.45, 7) is 30.3. The fourth-order valence-corrected chi connectivity index (χ4v) is 8.22. The molecule has 3 nitrogen and oxygen atoms in total. The molecule has 0 amide bonds. The molecule has 0 unspecified atom stereocenters. The molecule has 2 rings (SSSR count). The molecule has 0 saturated carbocycles. The van der Waals surface area contributed by atoms with Crippen LogP contribution in [0.2, 0.25) is 37.3 Å². The van der Waals surface area contributed by atoms with Crippen LogP contribution in [-0.2, 0) is 13.7 Å². The van der Waals surface area contributed by atoms with Crippen molar-refractivity contribution >= 4 is 28.7 Å². The molecular formula is C27H49BO3Si2. The molecule has 0 spiro atoms. The van der Waals surface area contributed by atoms with Crippen LogP contribution in [0.5, 0.6) is 0 Å². The molecule has 0 N–H and O–H groups in total. The van der Waals surface area contributed by atoms with Gasteiger partial charge < -0.3 is 13.7 Å². The predicted molar refractivity (Wildman–Crippen MR) is 149 cm³/mol. The lowest BCUT2D eigenvalue weighted by atomic mass is 9.71. The molecule has 1 aliphatic heterocycles. The van der Waals surface area contributed by atoms with Crippen LogP contribution >= 0.6 is 0 Å². The molecule has 1 saturated heterocycles. The summed E-state index contributed by atoms with van der Waals surface area (Å²) in [6.07, 6.45) is 2.09. The van der Waals surface area contributed by atoms with E-state index in [1.165, 1.54) is 5.19 Å². The zero-order valence-electron chi connectivity index (χ0n) is 23.3. The molecule has 1 aliphatic rings. The van der Waals surface area contributed by atoms with Crippen LogP contribution in [0.1, 0.15) is 61.3 Å². The minimum absolute atomic E-state index is 0.237. The highest BCUT2D eigenvalue weighted by Crippen LogP contribution is 2.41. The minimum Gasteiger partial charge on any atom is -0.417 e. The van der Waals surface area contributed by atoms with Gasteiger partial charge in [0.15, 0.2) is 8.32 Å². The van der Waals surface area contributed by atoms with Crippen molar-refractivity contribution in [2.75, 3.05) is 6.61 Å². The zero-order valence-corrected chi connectivity index (χ0v) is 25.3. The van der Waals surface area contributed by atoms with E-state index < -0.39 is 16.4 Å². The highest BCUT2D eigenvalue weighted by molar-refractivity contribution is 6.89. The lowest BCUT2D eigenvalue weighted by molar-refractivity contribution is 0.00578. The third-order valence-corrected chi connectivity index (χ3v) is 16.3. The Morgan fingerprint density at radius 3 is 2.00 bits per heavy atom. The lowest BCUT2D eigenvalue weighted by Crippen LogP contribution is -2.44. The van der Waals surface area contributed by atoms with Crippen LogP contribution in [0.3, 0.4) is 0 Å². The summed E-state index contributed by atoms with van der Waals surface area (Å²) in [7, 11) is -3.73. The van der Waals surface area contributed by atoms with E-state index in [2.05, 4.69) is 112 Å². The fraction of sp³-hybridized carbons (Fsp3) is 0.704. The minimum atomic E-state index is -1.73. The molecule has 1 atom stereocenters. The molecule has 1 heterocycles. The van der Waals surface area contributed by atoms with Crippen LogP contribution < -0.4 is 5.19 Å². The molecule has 1 aromatic carbocycles. The van der Waals surface area contributed by atoms with Gasteiger partial charge in [0.05, 0.1) is 19.3 Å². The molecule has 0 aromatic heterocycles. The van der Waals surface area contributed by atoms with Gasteiger partial charge in [-0.3, -0.25) is 0 Å². The first-order valence-electron chi connectivity index (χ1n) is 12.6. The maximum atomic E-state index is 6.49. The highest BCUT2D eigenvalue weighted by Gasteiger charge is 2.53. The molecule has 186 valence electrons. The molecular weight excluding hydrogens is 439 g/mol. The number of hydrogen-bond acceptors (Lipinski definition) is 3. The smallest absolute Gasteiger partial charge is 0.417 e. The Labute approximate surface area is 207 Å². The van der Waals surface area contributed by atoms with E-state index in [0.29, 0.717) is 5.92 Å². The second-order valence-electron chi connectivity index (χ2n) is 13.1. The topological polar surface area (TPSA) is 27.7 Å². The third kappa shape index (κ3) is 6.94. The van der Waals surface area contributed by atoms with Gasteiger partial charge in [-0.2, -0.15) is 0 Å². The Morgan fingerprint density at radius 2 is 1.52 bits per heavy atom. The number of allylic oxidation sites excluding steroid dienone is 1. The maximum absolute atomic E-state index is 6.49. The van der Waals surface area contributed by atoms with Crippen molar-refractivity contribution in [1.82, 2.24) is 0 Å². The Bertz CT molecular complexity index is 781. The van der Waals surface area contributed by atoms with E-state index in [1.807, 2.05) is 0 Å². The Morgan fingerprint density at radius 1 is 1.00 bits per heavy atom. The Hall–Kier alpha value is -0.661. The molecule has 1 fully saturated rings. The van der Waals surface area contributed by atoms with Gasteiger partial charge in [0.2, 0.25) is 0 Å². The second kappa shape index (κ2) is 10.1. The van der Waals surface area contributed by atoms with Crippen molar-refractivity contribution in [3.05, 3.63) is 42.4 Å². The third-order valence-electron chi connectivity index (χ3n) is 8.36. The quantitative estimate of drug-likeness (QED) is 0.257. The van der Waals surface area contributed by atoms with Gasteiger partial charge in [0.25, 0.3) is 0 Å². The maximum Gasteiger partial charge on any atom is 0.490 e. The van der Waals surface area contributed by atoms with Crippen LogP contribution in [0.15, 0.2) is 42.4 Å². The van der Waals surface area contributed by atoms with Gasteiger partial charge in [0.1, 0.15) is 0 Å². The molecule has 33 heavy (non-hydrogen) atoms. The van der Waals surface area contributed by atoms with Gasteiger partial charge in [-0.05, 0) is 76.1 Å². The number of hydrogen-bond donors (Lipinski definition) is 0. The summed E-state index contributed by atoms with van der Waals surface area (Å²) >= 11 is 0. The number of rotatable bonds is 10. The van der Waals surface area contributed by atoms with Crippen LogP contribution in [0, 0.1) is 5.92 Å². The van der Waals surface area contributed by atoms with Gasteiger partial charge in [-0.25, -0.2) is 0 Å². The van der Waals surface area contributed by atoms with Gasteiger partial charge >= 0.3 is 7.12 Å². The summed E-state index contributed by atoms with van der Waals surface area (Å²) in [5.74, 6) is 0.351. The van der Waals surface area contributed by atoms with Gasteiger partial charge in [-0.1, -0.05) is 69.4 Å². The average Bonchev–Trinajstić information content (AvgIpc) is 2.90. The summed E-state index contributed by atoms with van der Waals surface area (Å²) < 4.78 is 19.3. The molecule has 0 aliphatic carbocycles. The van der Waals surface area contributed by atoms with E-state index in [9.17, 15) is 0 Å². The summed E-state index contributed by atoms with van der Waals surface area (Å²) in [5, 5.41) is 1.73. The largest absolute Gasteiger partial charge is 0.490 e. The number of benzene rings is 1. The van der Waals surface area contributed by atoms with Crippen molar-refractivity contribution in [3.8, 4) is 0 Å². The van der Waals surface area contributed by atoms with Crippen molar-refractivity contribution in [2.24, 2.45) is 5.92 Å². The summed E-state index contributed by atoms with van der Waals surface area (Å²) in [5.41, 5.74) is 0.406. The Balaban J connectivity index is 2.15. The fourth-order valence-electron chi connectivity index (χ4n) is 4.10. The zero-order chi connectivity index (χ0) is 25.3. The van der Waals surface area contributed by atoms with Crippen molar-refractivity contribution < 1.29 is 13.7 Å². The molecule has 0 bridgehead atoms. The van der Waals surface area contributed by atoms with Crippen LogP contribution in [0.25, 0.3) is 0 Å². The first-order valence-corrected chi connectivity index (χ1v) is 18.7. The van der Waals surface area contributed by atoms with E-state index in [4.69, 9.17) is 13.7 Å². The standard InChI is InChI=1S/C27H49BO3Si2/c1-22(28-30-26(5,6)27(7,8)31-28)23(17-16-20-29-33(11,12)25(2,3)4)21-32(9,10)24-18-14-13-15-19-24/h13-15,18-19,23H,1,16-17,20-21H2,2-12H3/t23-/m1/s1. The van der Waals surface area contributed by atoms with E-state index in [0.717, 1.165) is 31.0 Å². The first-order chi connectivity index (χ1) is 14.9. The van der Waals surface area contributed by atoms with Gasteiger partial charge in [-0.15, -0.1) is 6.58 Å². The molecule has 1 aromatic rings. The van der Waals surface area contributed by atoms with Crippen molar-refractivity contribution in [1.29, 1.82) is 0 Å². The monoisotopic (exact) mass is 488 g/mol. The summed E-state index contributed by atoms with van der Waals surface area (Å²) in [6, 6.07) is 12.2. The van der Waals surface area contributed by atoms with E-state index >= 15 is 0 Å². The van der Waals surface area contributed by atoms with Crippen LogP contribution in [0.4, 0.5) is 0 Å². The normalized spacial score (nSPS) is 19.5. The highest BCUT2D eigenvalue weighted by atomic mass is 28.4. The van der Waals surface area contributed by atoms with Crippen molar-refractivity contribution in [3.63, 3.8) is 0 Å². The van der Waals surface area contributed by atoms with Gasteiger partial charge in [0, 0.05) is 6.61 Å². The summed E-state index contributed by atoms with van der Waals surface area (Å²) in [4.78, 5) is 0. The van der Waals surface area contributed by atoms with Crippen LogP contribution in [-0.4, -0.2) is 41.3 Å². The molecule has 6 heteroatoms. The van der Waals surface area contributed by atoms with E-state index in [1.54, 1.807) is 0 Å².